The van der Waals surface area contributed by atoms with Gasteiger partial charge in [-0.1, -0.05) is 19.3 Å². The second kappa shape index (κ2) is 7.69. The second-order valence-electron chi connectivity index (χ2n) is 4.45. The molecule has 0 radical (unpaired) electrons. The highest BCUT2D eigenvalue weighted by molar-refractivity contribution is 7.80. The third-order valence-electron chi connectivity index (χ3n) is 1.84. The number of hydrogen-bond acceptors (Lipinski definition) is 2. The number of unbranched alkanes of at least 4 members (excludes halogenated alkanes) is 4. The summed E-state index contributed by atoms with van der Waals surface area (Å²) in [5.41, 5.74) is 0.0328. The predicted molar refractivity (Wildman–Crippen MR) is 62.6 cm³/mol. The molecular formula is C11H24OS. The minimum absolute atomic E-state index is 0.0328. The number of thiol groups is 1. The van der Waals surface area contributed by atoms with E-state index >= 15 is 0 Å². The van der Waals surface area contributed by atoms with E-state index in [0.717, 1.165) is 12.4 Å². The van der Waals surface area contributed by atoms with Crippen LogP contribution in [0.4, 0.5) is 0 Å². The molecule has 13 heavy (non-hydrogen) atoms. The first-order valence-electron chi connectivity index (χ1n) is 5.31. The fourth-order valence-electron chi connectivity index (χ4n) is 1.12. The van der Waals surface area contributed by atoms with E-state index in [2.05, 4.69) is 33.4 Å². The van der Waals surface area contributed by atoms with Crippen LogP contribution in [0.15, 0.2) is 0 Å². The van der Waals surface area contributed by atoms with Crippen LogP contribution in [-0.4, -0.2) is 18.0 Å². The molecule has 0 saturated carbocycles. The summed E-state index contributed by atoms with van der Waals surface area (Å²) in [5, 5.41) is 0. The van der Waals surface area contributed by atoms with Crippen LogP contribution in [0.3, 0.4) is 0 Å². The van der Waals surface area contributed by atoms with Gasteiger partial charge in [-0.3, -0.25) is 0 Å². The van der Waals surface area contributed by atoms with Crippen molar-refractivity contribution in [3.8, 4) is 0 Å². The van der Waals surface area contributed by atoms with Gasteiger partial charge in [0.25, 0.3) is 0 Å². The lowest BCUT2D eigenvalue weighted by atomic mass is 10.1. The average molecular weight is 204 g/mol. The zero-order valence-electron chi connectivity index (χ0n) is 9.31. The van der Waals surface area contributed by atoms with Gasteiger partial charge in [0.05, 0.1) is 5.60 Å². The van der Waals surface area contributed by atoms with Crippen molar-refractivity contribution in [1.29, 1.82) is 0 Å². The van der Waals surface area contributed by atoms with Gasteiger partial charge in [0.2, 0.25) is 0 Å². The molecule has 0 fully saturated rings. The lowest BCUT2D eigenvalue weighted by Crippen LogP contribution is -2.19. The zero-order chi connectivity index (χ0) is 10.2. The van der Waals surface area contributed by atoms with Crippen molar-refractivity contribution >= 4 is 12.6 Å². The van der Waals surface area contributed by atoms with E-state index < -0.39 is 0 Å². The van der Waals surface area contributed by atoms with Crippen molar-refractivity contribution < 1.29 is 4.74 Å². The molecule has 0 saturated heterocycles. The monoisotopic (exact) mass is 204 g/mol. The Labute approximate surface area is 88.7 Å². The molecule has 0 rings (SSSR count). The first-order valence-corrected chi connectivity index (χ1v) is 5.94. The third-order valence-corrected chi connectivity index (χ3v) is 2.15. The van der Waals surface area contributed by atoms with E-state index in [-0.39, 0.29) is 5.60 Å². The van der Waals surface area contributed by atoms with Crippen LogP contribution in [0.25, 0.3) is 0 Å². The molecule has 0 aliphatic rings. The highest BCUT2D eigenvalue weighted by Crippen LogP contribution is 2.09. The lowest BCUT2D eigenvalue weighted by molar-refractivity contribution is -0.00473. The molecule has 0 aromatic carbocycles. The van der Waals surface area contributed by atoms with E-state index in [1.807, 2.05) is 0 Å². The molecule has 80 valence electrons. The Kier molecular flexibility index (Phi) is 7.87. The summed E-state index contributed by atoms with van der Waals surface area (Å²) < 4.78 is 5.62. The van der Waals surface area contributed by atoms with Gasteiger partial charge < -0.3 is 4.74 Å². The van der Waals surface area contributed by atoms with Crippen molar-refractivity contribution in [2.45, 2.75) is 58.5 Å². The summed E-state index contributed by atoms with van der Waals surface area (Å²) >= 11 is 4.18. The predicted octanol–water partition coefficient (Wildman–Crippen LogP) is 3.68. The standard InChI is InChI=1S/C11H24OS/c1-11(2,3)12-9-7-5-4-6-8-10-13/h13H,4-10H2,1-3H3. The van der Waals surface area contributed by atoms with Crippen LogP contribution in [0, 0.1) is 0 Å². The van der Waals surface area contributed by atoms with Crippen LogP contribution in [0.5, 0.6) is 0 Å². The lowest BCUT2D eigenvalue weighted by Gasteiger charge is -2.19. The average Bonchev–Trinajstić information content (AvgIpc) is 2.01. The Morgan fingerprint density at radius 1 is 0.923 bits per heavy atom. The molecule has 0 aliphatic carbocycles. The highest BCUT2D eigenvalue weighted by atomic mass is 32.1. The van der Waals surface area contributed by atoms with Gasteiger partial charge in [-0.25, -0.2) is 0 Å². The normalized spacial score (nSPS) is 12.0. The first kappa shape index (κ1) is 13.3. The second-order valence-corrected chi connectivity index (χ2v) is 4.90. The Bertz CT molecular complexity index is 107. The summed E-state index contributed by atoms with van der Waals surface area (Å²) in [5.74, 6) is 1.03. The smallest absolute Gasteiger partial charge is 0.0598 e. The molecule has 0 spiro atoms. The molecule has 0 aliphatic heterocycles. The molecule has 0 aromatic heterocycles. The van der Waals surface area contributed by atoms with Gasteiger partial charge >= 0.3 is 0 Å². The summed E-state index contributed by atoms with van der Waals surface area (Å²) in [4.78, 5) is 0. The van der Waals surface area contributed by atoms with Crippen molar-refractivity contribution in [2.24, 2.45) is 0 Å². The molecule has 0 bridgehead atoms. The quantitative estimate of drug-likeness (QED) is 0.491. The van der Waals surface area contributed by atoms with E-state index in [9.17, 15) is 0 Å². The SMILES string of the molecule is CC(C)(C)OCCCCCCCS. The fourth-order valence-corrected chi connectivity index (χ4v) is 1.35. The van der Waals surface area contributed by atoms with Crippen molar-refractivity contribution in [1.82, 2.24) is 0 Å². The molecule has 0 N–H and O–H groups in total. The van der Waals surface area contributed by atoms with E-state index in [4.69, 9.17) is 4.74 Å². The molecular weight excluding hydrogens is 180 g/mol. The van der Waals surface area contributed by atoms with Crippen molar-refractivity contribution in [3.63, 3.8) is 0 Å². The minimum atomic E-state index is 0.0328. The Hall–Kier alpha value is 0.310. The Balaban J connectivity index is 3.00. The van der Waals surface area contributed by atoms with Gasteiger partial charge in [-0.2, -0.15) is 12.6 Å². The van der Waals surface area contributed by atoms with Gasteiger partial charge in [0.1, 0.15) is 0 Å². The number of hydrogen-bond donors (Lipinski definition) is 1. The van der Waals surface area contributed by atoms with Gasteiger partial charge in [-0.15, -0.1) is 0 Å². The van der Waals surface area contributed by atoms with Gasteiger partial charge in [0, 0.05) is 6.61 Å². The molecule has 0 atom stereocenters. The van der Waals surface area contributed by atoms with E-state index in [0.29, 0.717) is 0 Å². The largest absolute Gasteiger partial charge is 0.376 e. The molecule has 2 heteroatoms. The topological polar surface area (TPSA) is 9.23 Å². The summed E-state index contributed by atoms with van der Waals surface area (Å²) in [7, 11) is 0. The van der Waals surface area contributed by atoms with Crippen molar-refractivity contribution in [3.05, 3.63) is 0 Å². The fraction of sp³-hybridized carbons (Fsp3) is 1.00. The van der Waals surface area contributed by atoms with Crippen LogP contribution >= 0.6 is 12.6 Å². The van der Waals surface area contributed by atoms with Crippen LogP contribution in [0.2, 0.25) is 0 Å². The van der Waals surface area contributed by atoms with E-state index in [1.54, 1.807) is 0 Å². The Morgan fingerprint density at radius 2 is 1.46 bits per heavy atom. The molecule has 0 heterocycles. The van der Waals surface area contributed by atoms with Crippen LogP contribution < -0.4 is 0 Å². The maximum atomic E-state index is 5.62. The molecule has 0 aromatic rings. The summed E-state index contributed by atoms with van der Waals surface area (Å²) in [6.07, 6.45) is 6.39. The molecule has 0 unspecified atom stereocenters. The van der Waals surface area contributed by atoms with Gasteiger partial charge in [0.15, 0.2) is 0 Å². The third kappa shape index (κ3) is 12.3. The molecule has 0 amide bonds. The summed E-state index contributed by atoms with van der Waals surface area (Å²) in [6.45, 7) is 7.22. The Morgan fingerprint density at radius 3 is 2.00 bits per heavy atom. The van der Waals surface area contributed by atoms with Crippen LogP contribution in [-0.2, 0) is 4.74 Å². The maximum absolute atomic E-state index is 5.62. The summed E-state index contributed by atoms with van der Waals surface area (Å²) in [6, 6.07) is 0. The number of rotatable bonds is 7. The van der Waals surface area contributed by atoms with Gasteiger partial charge in [-0.05, 0) is 39.4 Å². The van der Waals surface area contributed by atoms with Crippen LogP contribution in [0.1, 0.15) is 52.9 Å². The number of ether oxygens (including phenoxy) is 1. The van der Waals surface area contributed by atoms with Crippen molar-refractivity contribution in [2.75, 3.05) is 12.4 Å². The maximum Gasteiger partial charge on any atom is 0.0598 e. The minimum Gasteiger partial charge on any atom is -0.376 e. The first-order chi connectivity index (χ1) is 6.06. The highest BCUT2D eigenvalue weighted by Gasteiger charge is 2.08. The van der Waals surface area contributed by atoms with E-state index in [1.165, 1.54) is 32.1 Å². The zero-order valence-corrected chi connectivity index (χ0v) is 10.2. The molecule has 1 nitrogen and oxygen atoms in total.